The third-order valence-corrected chi connectivity index (χ3v) is 3.41. The number of pyridine rings is 1. The van der Waals surface area contributed by atoms with Crippen molar-refractivity contribution in [2.45, 2.75) is 40.2 Å². The van der Waals surface area contributed by atoms with Gasteiger partial charge in [0.15, 0.2) is 0 Å². The summed E-state index contributed by atoms with van der Waals surface area (Å²) in [6.07, 6.45) is 1.02. The molecule has 1 atom stereocenters. The molecular weight excluding hydrogens is 269 g/mol. The van der Waals surface area contributed by atoms with Crippen LogP contribution in [0.3, 0.4) is 0 Å². The molecule has 1 aromatic rings. The van der Waals surface area contributed by atoms with E-state index >= 15 is 0 Å². The van der Waals surface area contributed by atoms with Gasteiger partial charge in [-0.05, 0) is 25.3 Å². The molecule has 0 aliphatic carbocycles. The first-order chi connectivity index (χ1) is 8.45. The summed E-state index contributed by atoms with van der Waals surface area (Å²) >= 11 is 12.2. The van der Waals surface area contributed by atoms with Gasteiger partial charge in [-0.3, -0.25) is 0 Å². The van der Waals surface area contributed by atoms with Gasteiger partial charge in [0.05, 0.1) is 10.0 Å². The predicted molar refractivity (Wildman–Crippen MR) is 81.0 cm³/mol. The molecule has 0 saturated heterocycles. The van der Waals surface area contributed by atoms with E-state index in [1.807, 2.05) is 0 Å². The van der Waals surface area contributed by atoms with Crippen LogP contribution in [0.15, 0.2) is 6.07 Å². The summed E-state index contributed by atoms with van der Waals surface area (Å²) in [6.45, 7) is 9.34. The Labute approximate surface area is 119 Å². The molecule has 0 saturated carbocycles. The van der Waals surface area contributed by atoms with E-state index in [-0.39, 0.29) is 0 Å². The molecule has 0 aromatic carbocycles. The summed E-state index contributed by atoms with van der Waals surface area (Å²) in [6, 6.07) is 2.03. The molecule has 0 amide bonds. The van der Waals surface area contributed by atoms with Crippen molar-refractivity contribution in [3.8, 4) is 0 Å². The summed E-state index contributed by atoms with van der Waals surface area (Å²) in [7, 11) is 0. The van der Waals surface area contributed by atoms with Crippen LogP contribution in [-0.2, 0) is 0 Å². The van der Waals surface area contributed by atoms with Gasteiger partial charge in [0.1, 0.15) is 11.6 Å². The fourth-order valence-electron chi connectivity index (χ4n) is 1.32. The number of hydrogen-bond acceptors (Lipinski definition) is 3. The molecule has 0 spiro atoms. The maximum Gasteiger partial charge on any atom is 0.147 e. The van der Waals surface area contributed by atoms with Crippen LogP contribution in [0.1, 0.15) is 34.1 Å². The second-order valence-corrected chi connectivity index (χ2v) is 5.57. The summed E-state index contributed by atoms with van der Waals surface area (Å²) < 4.78 is 0. The van der Waals surface area contributed by atoms with Gasteiger partial charge < -0.3 is 10.6 Å². The third-order valence-electron chi connectivity index (χ3n) is 2.84. The Morgan fingerprint density at radius 2 is 1.78 bits per heavy atom. The first-order valence-electron chi connectivity index (χ1n) is 6.32. The Morgan fingerprint density at radius 1 is 1.17 bits per heavy atom. The number of halogens is 2. The van der Waals surface area contributed by atoms with E-state index in [9.17, 15) is 0 Å². The third kappa shape index (κ3) is 4.21. The van der Waals surface area contributed by atoms with Crippen molar-refractivity contribution in [1.29, 1.82) is 0 Å². The Hall–Kier alpha value is -0.670. The number of nitrogens with zero attached hydrogens (tertiary/aromatic N) is 1. The highest BCUT2D eigenvalue weighted by Crippen LogP contribution is 2.30. The van der Waals surface area contributed by atoms with E-state index in [0.717, 1.165) is 13.0 Å². The lowest BCUT2D eigenvalue weighted by molar-refractivity contribution is 0.558. The fraction of sp³-hybridized carbons (Fsp3) is 0.615. The lowest BCUT2D eigenvalue weighted by Gasteiger charge is -2.20. The van der Waals surface area contributed by atoms with Crippen molar-refractivity contribution in [1.82, 2.24) is 4.98 Å². The molecule has 102 valence electrons. The minimum atomic E-state index is 0.301. The highest BCUT2D eigenvalue weighted by atomic mass is 35.5. The highest BCUT2D eigenvalue weighted by molar-refractivity contribution is 6.37. The van der Waals surface area contributed by atoms with Crippen LogP contribution < -0.4 is 10.6 Å². The van der Waals surface area contributed by atoms with Crippen molar-refractivity contribution in [2.75, 3.05) is 17.2 Å². The standard InChI is InChI=1S/C13H21Cl2N3/c1-5-6-16-12-10(14)7-11(15)13(18-12)17-9(4)8(2)3/h7-9H,5-6H2,1-4H3,(H2,16,17,18). The summed E-state index contributed by atoms with van der Waals surface area (Å²) in [5, 5.41) is 7.61. The second-order valence-electron chi connectivity index (χ2n) is 4.75. The van der Waals surface area contributed by atoms with E-state index in [0.29, 0.717) is 33.6 Å². The average molecular weight is 290 g/mol. The molecule has 1 heterocycles. The Bertz CT molecular complexity index is 394. The van der Waals surface area contributed by atoms with Gasteiger partial charge in [-0.25, -0.2) is 4.98 Å². The number of hydrogen-bond donors (Lipinski definition) is 2. The molecule has 0 radical (unpaired) electrons. The summed E-state index contributed by atoms with van der Waals surface area (Å²) in [5.41, 5.74) is 0. The first-order valence-corrected chi connectivity index (χ1v) is 7.07. The smallest absolute Gasteiger partial charge is 0.147 e. The van der Waals surface area contributed by atoms with Crippen LogP contribution in [0.2, 0.25) is 10.0 Å². The molecule has 0 aliphatic heterocycles. The fourth-order valence-corrected chi connectivity index (χ4v) is 1.80. The van der Waals surface area contributed by atoms with E-state index in [1.165, 1.54) is 0 Å². The lowest BCUT2D eigenvalue weighted by Crippen LogP contribution is -2.22. The maximum atomic E-state index is 6.15. The van der Waals surface area contributed by atoms with Crippen LogP contribution in [0.4, 0.5) is 11.6 Å². The Morgan fingerprint density at radius 3 is 2.33 bits per heavy atom. The summed E-state index contributed by atoms with van der Waals surface area (Å²) in [5.74, 6) is 1.87. The maximum absolute atomic E-state index is 6.15. The van der Waals surface area contributed by atoms with Gasteiger partial charge in [-0.2, -0.15) is 0 Å². The molecule has 1 rings (SSSR count). The molecule has 18 heavy (non-hydrogen) atoms. The SMILES string of the molecule is CCCNc1nc(NC(C)C(C)C)c(Cl)cc1Cl. The van der Waals surface area contributed by atoms with Crippen LogP contribution in [0, 0.1) is 5.92 Å². The molecule has 3 nitrogen and oxygen atoms in total. The van der Waals surface area contributed by atoms with Crippen LogP contribution in [0.25, 0.3) is 0 Å². The summed E-state index contributed by atoms with van der Waals surface area (Å²) in [4.78, 5) is 4.45. The average Bonchev–Trinajstić information content (AvgIpc) is 2.30. The van der Waals surface area contributed by atoms with Gasteiger partial charge in [0.25, 0.3) is 0 Å². The van der Waals surface area contributed by atoms with Crippen molar-refractivity contribution < 1.29 is 0 Å². The largest absolute Gasteiger partial charge is 0.369 e. The van der Waals surface area contributed by atoms with E-state index in [4.69, 9.17) is 23.2 Å². The normalized spacial score (nSPS) is 12.6. The molecule has 1 aromatic heterocycles. The number of anilines is 2. The van der Waals surface area contributed by atoms with Gasteiger partial charge in [0, 0.05) is 12.6 Å². The first kappa shape index (κ1) is 15.4. The number of aromatic nitrogens is 1. The quantitative estimate of drug-likeness (QED) is 0.799. The van der Waals surface area contributed by atoms with Crippen molar-refractivity contribution in [3.63, 3.8) is 0 Å². The zero-order valence-electron chi connectivity index (χ0n) is 11.3. The molecule has 1 unspecified atom stereocenters. The highest BCUT2D eigenvalue weighted by Gasteiger charge is 2.13. The number of nitrogens with one attached hydrogen (secondary N) is 2. The van der Waals surface area contributed by atoms with Crippen molar-refractivity contribution >= 4 is 34.8 Å². The molecular formula is C13H21Cl2N3. The van der Waals surface area contributed by atoms with Crippen LogP contribution in [-0.4, -0.2) is 17.6 Å². The number of rotatable bonds is 6. The Balaban J connectivity index is 2.90. The minimum absolute atomic E-state index is 0.301. The van der Waals surface area contributed by atoms with E-state index in [2.05, 4.69) is 43.3 Å². The van der Waals surface area contributed by atoms with Gasteiger partial charge in [-0.1, -0.05) is 44.0 Å². The molecule has 0 fully saturated rings. The van der Waals surface area contributed by atoms with Crippen molar-refractivity contribution in [2.24, 2.45) is 5.92 Å². The van der Waals surface area contributed by atoms with Crippen molar-refractivity contribution in [3.05, 3.63) is 16.1 Å². The predicted octanol–water partition coefficient (Wildman–Crippen LogP) is 4.67. The van der Waals surface area contributed by atoms with Crippen LogP contribution in [0.5, 0.6) is 0 Å². The molecule has 2 N–H and O–H groups in total. The van der Waals surface area contributed by atoms with E-state index < -0.39 is 0 Å². The molecule has 5 heteroatoms. The zero-order valence-corrected chi connectivity index (χ0v) is 12.9. The second kappa shape index (κ2) is 7.05. The van der Waals surface area contributed by atoms with Crippen LogP contribution >= 0.6 is 23.2 Å². The monoisotopic (exact) mass is 289 g/mol. The van der Waals surface area contributed by atoms with E-state index in [1.54, 1.807) is 6.07 Å². The topological polar surface area (TPSA) is 37.0 Å². The molecule has 0 aliphatic rings. The zero-order chi connectivity index (χ0) is 13.7. The van der Waals surface area contributed by atoms with Gasteiger partial charge in [0.2, 0.25) is 0 Å². The minimum Gasteiger partial charge on any atom is -0.369 e. The van der Waals surface area contributed by atoms with Gasteiger partial charge in [-0.15, -0.1) is 0 Å². The Kier molecular flexibility index (Phi) is 6.03. The lowest BCUT2D eigenvalue weighted by atomic mass is 10.1. The molecule has 0 bridgehead atoms. The van der Waals surface area contributed by atoms with Gasteiger partial charge >= 0.3 is 0 Å².